The summed E-state index contributed by atoms with van der Waals surface area (Å²) in [6, 6.07) is 13.8. The number of hydrogen-bond donors (Lipinski definition) is 1. The highest BCUT2D eigenvalue weighted by Gasteiger charge is 2.20. The molecule has 1 heterocycles. The highest BCUT2D eigenvalue weighted by Crippen LogP contribution is 2.27. The SMILES string of the molecule is O=C(O)c1c(COc2ccc(Cl)cc2)oc2ccccc12. The molecule has 0 aliphatic carbocycles. The van der Waals surface area contributed by atoms with Crippen LogP contribution in [0.5, 0.6) is 5.75 Å². The van der Waals surface area contributed by atoms with Gasteiger partial charge in [-0.05, 0) is 30.3 Å². The van der Waals surface area contributed by atoms with Crippen LogP contribution in [0, 0.1) is 0 Å². The maximum absolute atomic E-state index is 11.4. The van der Waals surface area contributed by atoms with Gasteiger partial charge in [0.1, 0.15) is 23.5 Å². The van der Waals surface area contributed by atoms with Crippen molar-refractivity contribution >= 4 is 28.5 Å². The van der Waals surface area contributed by atoms with E-state index in [1.165, 1.54) is 0 Å². The maximum Gasteiger partial charge on any atom is 0.340 e. The molecule has 0 unspecified atom stereocenters. The number of fused-ring (bicyclic) bond motifs is 1. The largest absolute Gasteiger partial charge is 0.486 e. The van der Waals surface area contributed by atoms with Crippen LogP contribution in [0.15, 0.2) is 52.9 Å². The molecule has 0 amide bonds. The Hall–Kier alpha value is -2.46. The third kappa shape index (κ3) is 2.71. The number of carboxylic acids is 1. The Kier molecular flexibility index (Phi) is 3.54. The second kappa shape index (κ2) is 5.50. The lowest BCUT2D eigenvalue weighted by atomic mass is 10.1. The van der Waals surface area contributed by atoms with Gasteiger partial charge in [-0.1, -0.05) is 29.8 Å². The molecule has 0 spiro atoms. The van der Waals surface area contributed by atoms with Crippen LogP contribution in [0.4, 0.5) is 0 Å². The highest BCUT2D eigenvalue weighted by atomic mass is 35.5. The first-order chi connectivity index (χ1) is 10.1. The van der Waals surface area contributed by atoms with Crippen molar-refractivity contribution in [2.75, 3.05) is 0 Å². The molecule has 0 atom stereocenters. The molecular weight excluding hydrogens is 292 g/mol. The Morgan fingerprint density at radius 3 is 2.57 bits per heavy atom. The topological polar surface area (TPSA) is 59.7 Å². The summed E-state index contributed by atoms with van der Waals surface area (Å²) in [5, 5.41) is 10.5. The van der Waals surface area contributed by atoms with Crippen molar-refractivity contribution in [3.8, 4) is 5.75 Å². The molecule has 3 rings (SSSR count). The van der Waals surface area contributed by atoms with E-state index in [0.29, 0.717) is 27.5 Å². The molecule has 1 N–H and O–H groups in total. The van der Waals surface area contributed by atoms with Crippen molar-refractivity contribution in [3.05, 3.63) is 64.9 Å². The summed E-state index contributed by atoms with van der Waals surface area (Å²) >= 11 is 5.80. The zero-order chi connectivity index (χ0) is 14.8. The summed E-state index contributed by atoms with van der Waals surface area (Å²) in [6.07, 6.45) is 0. The fourth-order valence-corrected chi connectivity index (χ4v) is 2.24. The van der Waals surface area contributed by atoms with Crippen LogP contribution >= 0.6 is 11.6 Å². The quantitative estimate of drug-likeness (QED) is 0.777. The van der Waals surface area contributed by atoms with Crippen LogP contribution in [0.2, 0.25) is 5.02 Å². The van der Waals surface area contributed by atoms with Gasteiger partial charge in [0.2, 0.25) is 0 Å². The minimum Gasteiger partial charge on any atom is -0.486 e. The van der Waals surface area contributed by atoms with E-state index in [9.17, 15) is 9.90 Å². The first-order valence-corrected chi connectivity index (χ1v) is 6.65. The monoisotopic (exact) mass is 302 g/mol. The molecule has 21 heavy (non-hydrogen) atoms. The van der Waals surface area contributed by atoms with Gasteiger partial charge >= 0.3 is 5.97 Å². The second-order valence-electron chi connectivity index (χ2n) is 4.44. The van der Waals surface area contributed by atoms with E-state index >= 15 is 0 Å². The van der Waals surface area contributed by atoms with Crippen molar-refractivity contribution in [1.82, 2.24) is 0 Å². The van der Waals surface area contributed by atoms with Gasteiger partial charge in [0.25, 0.3) is 0 Å². The number of furan rings is 1. The number of halogens is 1. The van der Waals surface area contributed by atoms with Crippen LogP contribution in [0.3, 0.4) is 0 Å². The van der Waals surface area contributed by atoms with E-state index in [4.69, 9.17) is 20.8 Å². The Labute approximate surface area is 125 Å². The molecule has 0 aliphatic heterocycles. The predicted octanol–water partition coefficient (Wildman–Crippen LogP) is 4.36. The van der Waals surface area contributed by atoms with Crippen molar-refractivity contribution < 1.29 is 19.1 Å². The van der Waals surface area contributed by atoms with E-state index in [1.807, 2.05) is 0 Å². The van der Waals surface area contributed by atoms with Crippen LogP contribution in [-0.2, 0) is 6.61 Å². The molecular formula is C16H11ClO4. The van der Waals surface area contributed by atoms with E-state index < -0.39 is 5.97 Å². The number of benzene rings is 2. The predicted molar refractivity (Wildman–Crippen MR) is 79.0 cm³/mol. The van der Waals surface area contributed by atoms with E-state index in [1.54, 1.807) is 48.5 Å². The summed E-state index contributed by atoms with van der Waals surface area (Å²) in [5.41, 5.74) is 0.671. The molecule has 0 aliphatic rings. The van der Waals surface area contributed by atoms with Gasteiger partial charge in [-0.2, -0.15) is 0 Å². The number of hydrogen-bond acceptors (Lipinski definition) is 3. The molecule has 3 aromatic rings. The van der Waals surface area contributed by atoms with Crippen molar-refractivity contribution in [2.24, 2.45) is 0 Å². The second-order valence-corrected chi connectivity index (χ2v) is 4.88. The molecule has 0 fully saturated rings. The van der Waals surface area contributed by atoms with Crippen molar-refractivity contribution in [3.63, 3.8) is 0 Å². The van der Waals surface area contributed by atoms with Crippen molar-refractivity contribution in [1.29, 1.82) is 0 Å². The van der Waals surface area contributed by atoms with E-state index in [2.05, 4.69) is 0 Å². The average Bonchev–Trinajstić information content (AvgIpc) is 2.85. The number of aromatic carboxylic acids is 1. The van der Waals surface area contributed by atoms with Crippen LogP contribution in [0.1, 0.15) is 16.1 Å². The van der Waals surface area contributed by atoms with Gasteiger partial charge < -0.3 is 14.3 Å². The lowest BCUT2D eigenvalue weighted by Gasteiger charge is -2.04. The van der Waals surface area contributed by atoms with Gasteiger partial charge in [-0.15, -0.1) is 0 Å². The third-order valence-corrected chi connectivity index (χ3v) is 3.32. The average molecular weight is 303 g/mol. The van der Waals surface area contributed by atoms with Gasteiger partial charge in [0.05, 0.1) is 0 Å². The number of ether oxygens (including phenoxy) is 1. The summed E-state index contributed by atoms with van der Waals surface area (Å²) in [7, 11) is 0. The molecule has 0 bridgehead atoms. The Morgan fingerprint density at radius 2 is 1.86 bits per heavy atom. The number of carboxylic acid groups (broad SMARTS) is 1. The Morgan fingerprint density at radius 1 is 1.14 bits per heavy atom. The minimum atomic E-state index is -1.03. The summed E-state index contributed by atoms with van der Waals surface area (Å²) in [4.78, 5) is 11.4. The summed E-state index contributed by atoms with van der Waals surface area (Å²) in [5.74, 6) is -0.149. The standard InChI is InChI=1S/C16H11ClO4/c17-10-5-7-11(8-6-10)20-9-14-15(16(18)19)12-3-1-2-4-13(12)21-14/h1-8H,9H2,(H,18,19). The van der Waals surface area contributed by atoms with Gasteiger partial charge in [0.15, 0.2) is 5.76 Å². The molecule has 0 saturated carbocycles. The van der Waals surface area contributed by atoms with Crippen LogP contribution in [-0.4, -0.2) is 11.1 Å². The summed E-state index contributed by atoms with van der Waals surface area (Å²) in [6.45, 7) is 0.0396. The molecule has 0 saturated heterocycles. The molecule has 2 aromatic carbocycles. The van der Waals surface area contributed by atoms with Crippen molar-refractivity contribution in [2.45, 2.75) is 6.61 Å². The number of carbonyl (C=O) groups is 1. The normalized spacial score (nSPS) is 10.7. The van der Waals surface area contributed by atoms with Crippen LogP contribution < -0.4 is 4.74 Å². The first-order valence-electron chi connectivity index (χ1n) is 6.27. The molecule has 5 heteroatoms. The lowest BCUT2D eigenvalue weighted by Crippen LogP contribution is -2.03. The first kappa shape index (κ1) is 13.5. The fraction of sp³-hybridized carbons (Fsp3) is 0.0625. The maximum atomic E-state index is 11.4. The lowest BCUT2D eigenvalue weighted by molar-refractivity contribution is 0.0693. The smallest absolute Gasteiger partial charge is 0.340 e. The summed E-state index contributed by atoms with van der Waals surface area (Å²) < 4.78 is 11.1. The zero-order valence-corrected chi connectivity index (χ0v) is 11.6. The number of rotatable bonds is 4. The van der Waals surface area contributed by atoms with Gasteiger partial charge in [-0.25, -0.2) is 4.79 Å². The zero-order valence-electron chi connectivity index (χ0n) is 10.9. The highest BCUT2D eigenvalue weighted by molar-refractivity contribution is 6.30. The minimum absolute atomic E-state index is 0.0396. The van der Waals surface area contributed by atoms with Gasteiger partial charge in [-0.3, -0.25) is 0 Å². The molecule has 0 radical (unpaired) electrons. The Bertz CT molecular complexity index is 790. The van der Waals surface area contributed by atoms with Gasteiger partial charge in [0, 0.05) is 10.4 Å². The molecule has 4 nitrogen and oxygen atoms in total. The fourth-order valence-electron chi connectivity index (χ4n) is 2.11. The van der Waals surface area contributed by atoms with E-state index in [0.717, 1.165) is 0 Å². The molecule has 1 aromatic heterocycles. The number of para-hydroxylation sites is 1. The Balaban J connectivity index is 1.91. The van der Waals surface area contributed by atoms with E-state index in [-0.39, 0.29) is 12.2 Å². The molecule has 106 valence electrons. The third-order valence-electron chi connectivity index (χ3n) is 3.07. The van der Waals surface area contributed by atoms with Crippen LogP contribution in [0.25, 0.3) is 11.0 Å².